The Kier molecular flexibility index (Phi) is 5.32. The molecule has 1 unspecified atom stereocenters. The highest BCUT2D eigenvalue weighted by atomic mass is 16.2. The third-order valence-corrected chi connectivity index (χ3v) is 4.80. The van der Waals surface area contributed by atoms with Crippen LogP contribution in [0.2, 0.25) is 0 Å². The number of rotatable bonds is 4. The van der Waals surface area contributed by atoms with Crippen LogP contribution in [0.5, 0.6) is 0 Å². The second-order valence-electron chi connectivity index (χ2n) is 6.67. The number of hydrogen-bond acceptors (Lipinski definition) is 5. The number of hydrogen-bond donors (Lipinski definition) is 3. The summed E-state index contributed by atoms with van der Waals surface area (Å²) in [6.07, 6.45) is 1.65. The van der Waals surface area contributed by atoms with E-state index in [4.69, 9.17) is 0 Å². The van der Waals surface area contributed by atoms with Gasteiger partial charge in [0.2, 0.25) is 11.8 Å². The minimum absolute atomic E-state index is 0.0166. The van der Waals surface area contributed by atoms with Crippen LogP contribution in [0.4, 0.5) is 10.5 Å². The molecule has 0 saturated carbocycles. The maximum absolute atomic E-state index is 12.1. The number of Topliss-reactive ketones (excluding diaryl/α,β-unsaturated/α-hetero) is 1. The molecule has 26 heavy (non-hydrogen) atoms. The SMILES string of the molecule is CC(=O)c1ccc(NC(=O)NC2CCN(C3CC(=O)NC3=O)CC2)cc1. The fraction of sp³-hybridized carbons (Fsp3) is 0.444. The van der Waals surface area contributed by atoms with Gasteiger partial charge in [0.05, 0.1) is 12.5 Å². The van der Waals surface area contributed by atoms with Crippen molar-refractivity contribution in [2.45, 2.75) is 38.3 Å². The highest BCUT2D eigenvalue weighted by Crippen LogP contribution is 2.18. The number of carbonyl (C=O) groups excluding carboxylic acids is 4. The molecule has 138 valence electrons. The molecule has 1 aromatic rings. The van der Waals surface area contributed by atoms with Crippen molar-refractivity contribution in [3.63, 3.8) is 0 Å². The molecule has 2 heterocycles. The summed E-state index contributed by atoms with van der Waals surface area (Å²) in [5.74, 6) is -0.478. The number of amides is 4. The van der Waals surface area contributed by atoms with E-state index in [9.17, 15) is 19.2 Å². The summed E-state index contributed by atoms with van der Waals surface area (Å²) in [6, 6.07) is 6.06. The van der Waals surface area contributed by atoms with Gasteiger partial charge in [-0.3, -0.25) is 24.6 Å². The van der Waals surface area contributed by atoms with E-state index in [1.807, 2.05) is 4.90 Å². The van der Waals surface area contributed by atoms with Crippen molar-refractivity contribution in [3.05, 3.63) is 29.8 Å². The number of likely N-dealkylation sites (tertiary alicyclic amines) is 1. The van der Waals surface area contributed by atoms with Crippen LogP contribution in [0.3, 0.4) is 0 Å². The molecule has 1 aromatic carbocycles. The average Bonchev–Trinajstić information content (AvgIpc) is 2.94. The zero-order valence-electron chi connectivity index (χ0n) is 14.6. The van der Waals surface area contributed by atoms with E-state index in [0.717, 1.165) is 0 Å². The number of anilines is 1. The predicted molar refractivity (Wildman–Crippen MR) is 94.8 cm³/mol. The molecule has 3 rings (SSSR count). The molecule has 0 radical (unpaired) electrons. The second-order valence-corrected chi connectivity index (χ2v) is 6.67. The molecule has 0 bridgehead atoms. The van der Waals surface area contributed by atoms with Gasteiger partial charge in [-0.25, -0.2) is 4.79 Å². The average molecular weight is 358 g/mol. The first-order chi connectivity index (χ1) is 12.4. The topological polar surface area (TPSA) is 108 Å². The summed E-state index contributed by atoms with van der Waals surface area (Å²) >= 11 is 0. The van der Waals surface area contributed by atoms with Gasteiger partial charge in [-0.1, -0.05) is 0 Å². The Balaban J connectivity index is 1.45. The van der Waals surface area contributed by atoms with E-state index in [0.29, 0.717) is 37.2 Å². The maximum Gasteiger partial charge on any atom is 0.319 e. The van der Waals surface area contributed by atoms with E-state index in [2.05, 4.69) is 16.0 Å². The van der Waals surface area contributed by atoms with Crippen LogP contribution in [-0.2, 0) is 9.59 Å². The zero-order valence-corrected chi connectivity index (χ0v) is 14.6. The molecule has 3 N–H and O–H groups in total. The first kappa shape index (κ1) is 18.1. The van der Waals surface area contributed by atoms with Crippen LogP contribution in [0.25, 0.3) is 0 Å². The molecule has 8 heteroatoms. The lowest BCUT2D eigenvalue weighted by atomic mass is 10.0. The summed E-state index contributed by atoms with van der Waals surface area (Å²) in [4.78, 5) is 48.4. The summed E-state index contributed by atoms with van der Waals surface area (Å²) < 4.78 is 0. The van der Waals surface area contributed by atoms with Crippen LogP contribution < -0.4 is 16.0 Å². The van der Waals surface area contributed by atoms with E-state index in [-0.39, 0.29) is 42.1 Å². The fourth-order valence-electron chi connectivity index (χ4n) is 3.33. The normalized spacial score (nSPS) is 21.3. The Morgan fingerprint density at radius 2 is 1.77 bits per heavy atom. The first-order valence-corrected chi connectivity index (χ1v) is 8.68. The van der Waals surface area contributed by atoms with Crippen molar-refractivity contribution in [1.29, 1.82) is 0 Å². The van der Waals surface area contributed by atoms with Gasteiger partial charge in [-0.2, -0.15) is 0 Å². The number of urea groups is 1. The molecule has 0 aromatic heterocycles. The standard InChI is InChI=1S/C18H22N4O4/c1-11(23)12-2-4-13(5-3-12)19-18(26)20-14-6-8-22(9-7-14)15-10-16(24)21-17(15)25/h2-5,14-15H,6-10H2,1H3,(H2,19,20,26)(H,21,24,25). The molecule has 2 saturated heterocycles. The van der Waals surface area contributed by atoms with Crippen molar-refractivity contribution in [2.75, 3.05) is 18.4 Å². The van der Waals surface area contributed by atoms with Gasteiger partial charge in [0.15, 0.2) is 5.78 Å². The van der Waals surface area contributed by atoms with Gasteiger partial charge < -0.3 is 10.6 Å². The van der Waals surface area contributed by atoms with Crippen LogP contribution in [0.15, 0.2) is 24.3 Å². The Morgan fingerprint density at radius 3 is 2.31 bits per heavy atom. The molecular formula is C18H22N4O4. The Hall–Kier alpha value is -2.74. The molecular weight excluding hydrogens is 336 g/mol. The lowest BCUT2D eigenvalue weighted by molar-refractivity contribution is -0.126. The Labute approximate surface area is 151 Å². The van der Waals surface area contributed by atoms with Crippen molar-refractivity contribution in [1.82, 2.24) is 15.5 Å². The molecule has 2 aliphatic rings. The lowest BCUT2D eigenvalue weighted by Crippen LogP contribution is -2.50. The summed E-state index contributed by atoms with van der Waals surface area (Å²) in [7, 11) is 0. The zero-order chi connectivity index (χ0) is 18.7. The van der Waals surface area contributed by atoms with E-state index < -0.39 is 0 Å². The fourth-order valence-corrected chi connectivity index (χ4v) is 3.33. The third-order valence-electron chi connectivity index (χ3n) is 4.80. The largest absolute Gasteiger partial charge is 0.335 e. The van der Waals surface area contributed by atoms with Crippen LogP contribution in [0, 0.1) is 0 Å². The molecule has 2 fully saturated rings. The molecule has 0 aliphatic carbocycles. The molecule has 0 spiro atoms. The molecule has 4 amide bonds. The van der Waals surface area contributed by atoms with Crippen molar-refractivity contribution >= 4 is 29.3 Å². The van der Waals surface area contributed by atoms with E-state index in [1.165, 1.54) is 6.92 Å². The minimum Gasteiger partial charge on any atom is -0.335 e. The maximum atomic E-state index is 12.1. The van der Waals surface area contributed by atoms with Gasteiger partial charge in [0, 0.05) is 30.4 Å². The third kappa shape index (κ3) is 4.26. The molecule has 2 aliphatic heterocycles. The number of nitrogens with zero attached hydrogens (tertiary/aromatic N) is 1. The van der Waals surface area contributed by atoms with Gasteiger partial charge in [0.1, 0.15) is 0 Å². The number of benzene rings is 1. The highest BCUT2D eigenvalue weighted by Gasteiger charge is 2.37. The van der Waals surface area contributed by atoms with Crippen molar-refractivity contribution in [2.24, 2.45) is 0 Å². The van der Waals surface area contributed by atoms with Crippen LogP contribution >= 0.6 is 0 Å². The van der Waals surface area contributed by atoms with E-state index in [1.54, 1.807) is 24.3 Å². The summed E-state index contributed by atoms with van der Waals surface area (Å²) in [6.45, 7) is 2.81. The van der Waals surface area contributed by atoms with Gasteiger partial charge in [-0.05, 0) is 44.0 Å². The number of ketones is 1. The number of carbonyl (C=O) groups is 4. The van der Waals surface area contributed by atoms with E-state index >= 15 is 0 Å². The molecule has 8 nitrogen and oxygen atoms in total. The minimum atomic E-state index is -0.378. The number of nitrogens with one attached hydrogen (secondary N) is 3. The summed E-state index contributed by atoms with van der Waals surface area (Å²) in [5.41, 5.74) is 1.21. The Bertz CT molecular complexity index is 723. The Morgan fingerprint density at radius 1 is 1.12 bits per heavy atom. The van der Waals surface area contributed by atoms with Gasteiger partial charge >= 0.3 is 6.03 Å². The highest BCUT2D eigenvalue weighted by molar-refractivity contribution is 6.05. The monoisotopic (exact) mass is 358 g/mol. The lowest BCUT2D eigenvalue weighted by Gasteiger charge is -2.34. The summed E-state index contributed by atoms with van der Waals surface area (Å²) in [5, 5.41) is 8.00. The smallest absolute Gasteiger partial charge is 0.319 e. The predicted octanol–water partition coefficient (Wildman–Crippen LogP) is 0.890. The first-order valence-electron chi connectivity index (χ1n) is 8.68. The second kappa shape index (κ2) is 7.65. The quantitative estimate of drug-likeness (QED) is 0.547. The van der Waals surface area contributed by atoms with Crippen LogP contribution in [-0.4, -0.2) is 53.7 Å². The number of imide groups is 1. The van der Waals surface area contributed by atoms with Gasteiger partial charge in [0.25, 0.3) is 0 Å². The van der Waals surface area contributed by atoms with Crippen LogP contribution in [0.1, 0.15) is 36.5 Å². The van der Waals surface area contributed by atoms with Gasteiger partial charge in [-0.15, -0.1) is 0 Å². The van der Waals surface area contributed by atoms with Crippen molar-refractivity contribution in [3.8, 4) is 0 Å². The van der Waals surface area contributed by atoms with Crippen molar-refractivity contribution < 1.29 is 19.2 Å². The number of piperidine rings is 1. The molecule has 1 atom stereocenters.